The number of carbonyl (C=O) groups excluding carboxylic acids is 4. The SMILES string of the molecule is C[C@@H](O)[C@H]1O[C@H](COC(=O)c2ccccc2)[C@@H](OC(=O)c2ccccc2)[C@H](OC(=O)c2ccccc2)C1=O. The Hall–Kier alpha value is -4.34. The van der Waals surface area contributed by atoms with Crippen LogP contribution in [0.25, 0.3) is 0 Å². The fourth-order valence-electron chi connectivity index (χ4n) is 3.94. The van der Waals surface area contributed by atoms with Crippen LogP contribution in [-0.4, -0.2) is 65.9 Å². The van der Waals surface area contributed by atoms with Gasteiger partial charge in [0.15, 0.2) is 6.10 Å². The Morgan fingerprint density at radius 1 is 0.763 bits per heavy atom. The summed E-state index contributed by atoms with van der Waals surface area (Å²) in [5.41, 5.74) is 0.627. The summed E-state index contributed by atoms with van der Waals surface area (Å²) in [5, 5.41) is 10.2. The van der Waals surface area contributed by atoms with E-state index in [0.29, 0.717) is 0 Å². The number of Topliss-reactive ketones (excluding diaryl/α,β-unsaturated/α-hetero) is 1. The summed E-state index contributed by atoms with van der Waals surface area (Å²) in [5.74, 6) is -3.11. The molecule has 0 amide bonds. The summed E-state index contributed by atoms with van der Waals surface area (Å²) in [7, 11) is 0. The molecule has 0 spiro atoms. The first-order valence-corrected chi connectivity index (χ1v) is 12.0. The molecule has 1 N–H and O–H groups in total. The Bertz CT molecular complexity index is 1260. The molecule has 1 fully saturated rings. The van der Waals surface area contributed by atoms with Crippen molar-refractivity contribution in [3.05, 3.63) is 108 Å². The first-order chi connectivity index (χ1) is 18.3. The third-order valence-corrected chi connectivity index (χ3v) is 5.87. The minimum Gasteiger partial charge on any atom is -0.459 e. The molecule has 9 nitrogen and oxygen atoms in total. The van der Waals surface area contributed by atoms with Crippen LogP contribution < -0.4 is 0 Å². The van der Waals surface area contributed by atoms with Crippen LogP contribution in [0, 0.1) is 0 Å². The highest BCUT2D eigenvalue weighted by atomic mass is 16.6. The van der Waals surface area contributed by atoms with Crippen molar-refractivity contribution in [3.63, 3.8) is 0 Å². The quantitative estimate of drug-likeness (QED) is 0.354. The van der Waals surface area contributed by atoms with Gasteiger partial charge in [-0.15, -0.1) is 0 Å². The number of hydrogen-bond donors (Lipinski definition) is 1. The van der Waals surface area contributed by atoms with Crippen molar-refractivity contribution < 1.29 is 43.2 Å². The van der Waals surface area contributed by atoms with E-state index in [0.717, 1.165) is 0 Å². The lowest BCUT2D eigenvalue weighted by atomic mass is 9.93. The average Bonchev–Trinajstić information content (AvgIpc) is 2.95. The fraction of sp³-hybridized carbons (Fsp3) is 0.241. The van der Waals surface area contributed by atoms with Crippen LogP contribution >= 0.6 is 0 Å². The molecule has 1 aliphatic heterocycles. The number of aliphatic hydroxyl groups is 1. The van der Waals surface area contributed by atoms with Crippen molar-refractivity contribution in [3.8, 4) is 0 Å². The Balaban J connectivity index is 1.63. The number of carbonyl (C=O) groups is 4. The minimum absolute atomic E-state index is 0.167. The second-order valence-corrected chi connectivity index (χ2v) is 8.63. The van der Waals surface area contributed by atoms with E-state index < -0.39 is 60.8 Å². The number of esters is 3. The summed E-state index contributed by atoms with van der Waals surface area (Å²) < 4.78 is 22.4. The lowest BCUT2D eigenvalue weighted by molar-refractivity contribution is -0.200. The summed E-state index contributed by atoms with van der Waals surface area (Å²) in [4.78, 5) is 51.7. The van der Waals surface area contributed by atoms with Crippen molar-refractivity contribution in [1.29, 1.82) is 0 Å². The maximum absolute atomic E-state index is 13.3. The second-order valence-electron chi connectivity index (χ2n) is 8.63. The van der Waals surface area contributed by atoms with Crippen molar-refractivity contribution in [2.75, 3.05) is 6.61 Å². The van der Waals surface area contributed by atoms with Gasteiger partial charge in [0.2, 0.25) is 11.9 Å². The van der Waals surface area contributed by atoms with Gasteiger partial charge in [-0.1, -0.05) is 54.6 Å². The third kappa shape index (κ3) is 6.31. The molecule has 1 aliphatic rings. The molecule has 9 heteroatoms. The smallest absolute Gasteiger partial charge is 0.338 e. The zero-order valence-electron chi connectivity index (χ0n) is 20.5. The van der Waals surface area contributed by atoms with Gasteiger partial charge in [-0.3, -0.25) is 4.79 Å². The Morgan fingerprint density at radius 2 is 1.21 bits per heavy atom. The van der Waals surface area contributed by atoms with Crippen LogP contribution in [0.2, 0.25) is 0 Å². The van der Waals surface area contributed by atoms with Gasteiger partial charge < -0.3 is 24.1 Å². The molecule has 0 aliphatic carbocycles. The molecule has 0 saturated carbocycles. The zero-order valence-corrected chi connectivity index (χ0v) is 20.5. The van der Waals surface area contributed by atoms with Crippen molar-refractivity contribution >= 4 is 23.7 Å². The van der Waals surface area contributed by atoms with Crippen LogP contribution in [-0.2, 0) is 23.7 Å². The molecule has 4 rings (SSSR count). The minimum atomic E-state index is -1.64. The van der Waals surface area contributed by atoms with Gasteiger partial charge in [-0.25, -0.2) is 14.4 Å². The fourth-order valence-corrected chi connectivity index (χ4v) is 3.94. The summed E-state index contributed by atoms with van der Waals surface area (Å²) in [6.45, 7) is 0.887. The van der Waals surface area contributed by atoms with E-state index >= 15 is 0 Å². The summed E-state index contributed by atoms with van der Waals surface area (Å²) in [6.07, 6.45) is -7.05. The molecule has 3 aromatic carbocycles. The molecule has 38 heavy (non-hydrogen) atoms. The molecule has 3 aromatic rings. The number of benzene rings is 3. The third-order valence-electron chi connectivity index (χ3n) is 5.87. The number of ether oxygens (including phenoxy) is 4. The Morgan fingerprint density at radius 3 is 1.68 bits per heavy atom. The van der Waals surface area contributed by atoms with Gasteiger partial charge >= 0.3 is 17.9 Å². The van der Waals surface area contributed by atoms with Gasteiger partial charge in [-0.2, -0.15) is 0 Å². The summed E-state index contributed by atoms with van der Waals surface area (Å²) in [6, 6.07) is 24.2. The van der Waals surface area contributed by atoms with Crippen LogP contribution in [0.15, 0.2) is 91.0 Å². The zero-order chi connectivity index (χ0) is 27.1. The molecule has 196 valence electrons. The highest BCUT2D eigenvalue weighted by molar-refractivity contribution is 5.96. The highest BCUT2D eigenvalue weighted by Gasteiger charge is 2.51. The molecular formula is C29H26O9. The van der Waals surface area contributed by atoms with Gasteiger partial charge in [0.1, 0.15) is 18.8 Å². The molecular weight excluding hydrogens is 492 g/mol. The van der Waals surface area contributed by atoms with Crippen molar-refractivity contribution in [2.24, 2.45) is 0 Å². The predicted octanol–water partition coefficient (Wildman–Crippen LogP) is 3.01. The van der Waals surface area contributed by atoms with E-state index in [1.807, 2.05) is 0 Å². The van der Waals surface area contributed by atoms with Crippen molar-refractivity contribution in [1.82, 2.24) is 0 Å². The van der Waals surface area contributed by atoms with E-state index in [1.54, 1.807) is 66.7 Å². The van der Waals surface area contributed by atoms with Gasteiger partial charge in [0.25, 0.3) is 0 Å². The predicted molar refractivity (Wildman–Crippen MR) is 133 cm³/mol. The largest absolute Gasteiger partial charge is 0.459 e. The summed E-state index contributed by atoms with van der Waals surface area (Å²) >= 11 is 0. The van der Waals surface area contributed by atoms with E-state index in [-0.39, 0.29) is 16.7 Å². The highest BCUT2D eigenvalue weighted by Crippen LogP contribution is 2.27. The molecule has 5 atom stereocenters. The van der Waals surface area contributed by atoms with Gasteiger partial charge in [0, 0.05) is 0 Å². The lowest BCUT2D eigenvalue weighted by Gasteiger charge is -2.40. The van der Waals surface area contributed by atoms with E-state index in [1.165, 1.54) is 31.2 Å². The normalized spacial score (nSPS) is 21.7. The van der Waals surface area contributed by atoms with E-state index in [2.05, 4.69) is 0 Å². The Labute approximate surface area is 218 Å². The van der Waals surface area contributed by atoms with Gasteiger partial charge in [0.05, 0.1) is 22.8 Å². The average molecular weight is 519 g/mol. The van der Waals surface area contributed by atoms with E-state index in [9.17, 15) is 24.3 Å². The monoisotopic (exact) mass is 518 g/mol. The molecule has 1 heterocycles. The molecule has 0 bridgehead atoms. The molecule has 0 radical (unpaired) electrons. The number of hydrogen-bond acceptors (Lipinski definition) is 9. The van der Waals surface area contributed by atoms with Crippen LogP contribution in [0.3, 0.4) is 0 Å². The molecule has 0 aromatic heterocycles. The van der Waals surface area contributed by atoms with Crippen LogP contribution in [0.4, 0.5) is 0 Å². The lowest BCUT2D eigenvalue weighted by Crippen LogP contribution is -2.61. The first-order valence-electron chi connectivity index (χ1n) is 12.0. The Kier molecular flexibility index (Phi) is 8.62. The van der Waals surface area contributed by atoms with E-state index in [4.69, 9.17) is 18.9 Å². The number of ketones is 1. The first kappa shape index (κ1) is 26.7. The van der Waals surface area contributed by atoms with Crippen molar-refractivity contribution in [2.45, 2.75) is 37.4 Å². The molecule has 1 saturated heterocycles. The second kappa shape index (κ2) is 12.3. The maximum atomic E-state index is 13.3. The topological polar surface area (TPSA) is 125 Å². The van der Waals surface area contributed by atoms with Gasteiger partial charge in [-0.05, 0) is 43.3 Å². The van der Waals surface area contributed by atoms with Crippen LogP contribution in [0.1, 0.15) is 38.0 Å². The maximum Gasteiger partial charge on any atom is 0.338 e. The standard InChI is InChI=1S/C29H26O9/c1-18(30)24-23(31)26(38-29(34)21-15-9-4-10-16-21)25(37-28(33)20-13-7-3-8-14-20)22(36-24)17-35-27(32)19-11-5-2-6-12-19/h2-16,18,22,24-26,30H,17H2,1H3/t18-,22-,24-,25-,26-/m1/s1. The number of rotatable bonds is 8. The van der Waals surface area contributed by atoms with Crippen LogP contribution in [0.5, 0.6) is 0 Å². The number of aliphatic hydroxyl groups excluding tert-OH is 1. The molecule has 0 unspecified atom stereocenters.